The molecule has 3 N–H and O–H groups in total. The molecular formula is C14H10Cl3N3O3. The zero-order chi connectivity index (χ0) is 17.0. The van der Waals surface area contributed by atoms with Gasteiger partial charge in [0, 0.05) is 6.20 Å². The summed E-state index contributed by atoms with van der Waals surface area (Å²) >= 11 is 17.3. The Morgan fingerprint density at radius 3 is 2.57 bits per heavy atom. The van der Waals surface area contributed by atoms with Crippen LogP contribution in [-0.2, 0) is 9.53 Å². The van der Waals surface area contributed by atoms with Crippen molar-refractivity contribution < 1.29 is 14.3 Å². The van der Waals surface area contributed by atoms with Gasteiger partial charge in [-0.3, -0.25) is 4.79 Å². The van der Waals surface area contributed by atoms with Crippen LogP contribution in [0.5, 0.6) is 0 Å². The second kappa shape index (κ2) is 7.50. The van der Waals surface area contributed by atoms with E-state index in [1.165, 1.54) is 30.5 Å². The molecule has 0 saturated carbocycles. The molecule has 6 nitrogen and oxygen atoms in total. The Morgan fingerprint density at radius 2 is 1.91 bits per heavy atom. The Morgan fingerprint density at radius 1 is 1.17 bits per heavy atom. The molecule has 9 heteroatoms. The van der Waals surface area contributed by atoms with Gasteiger partial charge in [-0.25, -0.2) is 9.78 Å². The molecule has 1 aromatic carbocycles. The van der Waals surface area contributed by atoms with Crippen LogP contribution < -0.4 is 11.1 Å². The fourth-order valence-electron chi connectivity index (χ4n) is 1.56. The number of hydrogen-bond donors (Lipinski definition) is 2. The van der Waals surface area contributed by atoms with Gasteiger partial charge < -0.3 is 15.8 Å². The summed E-state index contributed by atoms with van der Waals surface area (Å²) in [4.78, 5) is 27.4. The first-order chi connectivity index (χ1) is 10.9. The summed E-state index contributed by atoms with van der Waals surface area (Å²) in [6, 6.07) is 5.69. The predicted molar refractivity (Wildman–Crippen MR) is 89.0 cm³/mol. The molecule has 0 spiro atoms. The third-order valence-electron chi connectivity index (χ3n) is 2.63. The van der Waals surface area contributed by atoms with Crippen molar-refractivity contribution in [1.82, 2.24) is 4.98 Å². The average Bonchev–Trinajstić information content (AvgIpc) is 2.50. The molecule has 0 radical (unpaired) electrons. The number of nitrogens with one attached hydrogen (secondary N) is 1. The quantitative estimate of drug-likeness (QED) is 0.631. The fourth-order valence-corrected chi connectivity index (χ4v) is 2.10. The Kier molecular flexibility index (Phi) is 5.65. The Labute approximate surface area is 146 Å². The normalized spacial score (nSPS) is 10.2. The first kappa shape index (κ1) is 17.3. The summed E-state index contributed by atoms with van der Waals surface area (Å²) < 4.78 is 4.87. The maximum Gasteiger partial charge on any atom is 0.338 e. The van der Waals surface area contributed by atoms with Gasteiger partial charge in [0.1, 0.15) is 0 Å². The first-order valence-corrected chi connectivity index (χ1v) is 7.33. The lowest BCUT2D eigenvalue weighted by Gasteiger charge is -2.08. The largest absolute Gasteiger partial charge is 0.452 e. The number of benzene rings is 1. The maximum absolute atomic E-state index is 11.8. The summed E-state index contributed by atoms with van der Waals surface area (Å²) in [5.74, 6) is -1.19. The number of nitrogens with zero attached hydrogens (tertiary/aromatic N) is 1. The zero-order valence-corrected chi connectivity index (χ0v) is 13.7. The highest BCUT2D eigenvalue weighted by Crippen LogP contribution is 2.22. The van der Waals surface area contributed by atoms with Gasteiger partial charge in [-0.05, 0) is 24.3 Å². The molecule has 1 amide bonds. The van der Waals surface area contributed by atoms with E-state index in [1.807, 2.05) is 0 Å². The molecule has 0 fully saturated rings. The standard InChI is InChI=1S/C14H10Cl3N3O3/c15-8-4-10(17)13(19-5-8)20-12(21)6-23-14(22)7-1-2-9(16)11(18)3-7/h1-5H,6,18H2,(H,19,20,21). The number of nitrogens with two attached hydrogens (primary N) is 1. The molecule has 0 aliphatic heterocycles. The number of halogens is 3. The van der Waals surface area contributed by atoms with Crippen LogP contribution in [0.25, 0.3) is 0 Å². The Balaban J connectivity index is 1.93. The number of aromatic nitrogens is 1. The van der Waals surface area contributed by atoms with Crippen LogP contribution in [0, 0.1) is 0 Å². The number of rotatable bonds is 4. The number of esters is 1. The first-order valence-electron chi connectivity index (χ1n) is 6.20. The minimum atomic E-state index is -0.710. The van der Waals surface area contributed by atoms with Crippen molar-refractivity contribution in [2.24, 2.45) is 0 Å². The van der Waals surface area contributed by atoms with Gasteiger partial charge in [0.15, 0.2) is 12.4 Å². The van der Waals surface area contributed by atoms with Crippen LogP contribution in [-0.4, -0.2) is 23.5 Å². The van der Waals surface area contributed by atoms with E-state index in [1.54, 1.807) is 0 Å². The Hall–Kier alpha value is -2.02. The molecule has 0 bridgehead atoms. The SMILES string of the molecule is Nc1cc(C(=O)OCC(=O)Nc2ncc(Cl)cc2Cl)ccc1Cl. The smallest absolute Gasteiger partial charge is 0.338 e. The molecule has 1 heterocycles. The zero-order valence-electron chi connectivity index (χ0n) is 11.5. The lowest BCUT2D eigenvalue weighted by atomic mass is 10.2. The van der Waals surface area contributed by atoms with Crippen LogP contribution in [0.4, 0.5) is 11.5 Å². The third-order valence-corrected chi connectivity index (χ3v) is 3.47. The van der Waals surface area contributed by atoms with Gasteiger partial charge in [0.2, 0.25) is 0 Å². The molecular weight excluding hydrogens is 365 g/mol. The molecule has 2 aromatic rings. The summed E-state index contributed by atoms with van der Waals surface area (Å²) in [6.45, 7) is -0.512. The van der Waals surface area contributed by atoms with Gasteiger partial charge in [0.05, 0.1) is 26.3 Å². The molecule has 23 heavy (non-hydrogen) atoms. The highest BCUT2D eigenvalue weighted by molar-refractivity contribution is 6.36. The highest BCUT2D eigenvalue weighted by atomic mass is 35.5. The van der Waals surface area contributed by atoms with Crippen molar-refractivity contribution >= 4 is 58.2 Å². The van der Waals surface area contributed by atoms with Crippen LogP contribution in [0.15, 0.2) is 30.5 Å². The molecule has 0 unspecified atom stereocenters. The topological polar surface area (TPSA) is 94.3 Å². The minimum absolute atomic E-state index is 0.118. The number of carbonyl (C=O) groups excluding carboxylic acids is 2. The highest BCUT2D eigenvalue weighted by Gasteiger charge is 2.13. The maximum atomic E-state index is 11.8. The lowest BCUT2D eigenvalue weighted by molar-refractivity contribution is -0.119. The molecule has 0 aliphatic carbocycles. The van der Waals surface area contributed by atoms with Crippen LogP contribution in [0.1, 0.15) is 10.4 Å². The van der Waals surface area contributed by atoms with Crippen molar-refractivity contribution in [1.29, 1.82) is 0 Å². The van der Waals surface area contributed by atoms with E-state index in [9.17, 15) is 9.59 Å². The number of carbonyl (C=O) groups is 2. The minimum Gasteiger partial charge on any atom is -0.452 e. The number of ether oxygens (including phenoxy) is 1. The number of anilines is 2. The van der Waals surface area contributed by atoms with Crippen molar-refractivity contribution in [2.45, 2.75) is 0 Å². The van der Waals surface area contributed by atoms with E-state index < -0.39 is 18.5 Å². The molecule has 2 rings (SSSR count). The molecule has 0 saturated heterocycles. The van der Waals surface area contributed by atoms with Gasteiger partial charge in [-0.1, -0.05) is 34.8 Å². The monoisotopic (exact) mass is 373 g/mol. The van der Waals surface area contributed by atoms with Crippen molar-refractivity contribution in [3.8, 4) is 0 Å². The molecule has 1 aromatic heterocycles. The van der Waals surface area contributed by atoms with E-state index in [0.717, 1.165) is 0 Å². The summed E-state index contributed by atoms with van der Waals surface area (Å²) in [5.41, 5.74) is 6.01. The van der Waals surface area contributed by atoms with Gasteiger partial charge >= 0.3 is 5.97 Å². The number of nitrogen functional groups attached to an aromatic ring is 1. The fraction of sp³-hybridized carbons (Fsp3) is 0.0714. The Bertz CT molecular complexity index is 768. The molecule has 0 atom stereocenters. The van der Waals surface area contributed by atoms with Crippen molar-refractivity contribution in [2.75, 3.05) is 17.7 Å². The second-order valence-electron chi connectivity index (χ2n) is 4.34. The van der Waals surface area contributed by atoms with Crippen molar-refractivity contribution in [3.63, 3.8) is 0 Å². The summed E-state index contributed by atoms with van der Waals surface area (Å²) in [6.07, 6.45) is 1.32. The second-order valence-corrected chi connectivity index (χ2v) is 5.60. The molecule has 120 valence electrons. The van der Waals surface area contributed by atoms with E-state index in [0.29, 0.717) is 10.0 Å². The van der Waals surface area contributed by atoms with E-state index >= 15 is 0 Å². The average molecular weight is 375 g/mol. The van der Waals surface area contributed by atoms with Crippen molar-refractivity contribution in [3.05, 3.63) is 51.1 Å². The lowest BCUT2D eigenvalue weighted by Crippen LogP contribution is -2.21. The number of pyridine rings is 1. The molecule has 0 aliphatic rings. The van der Waals surface area contributed by atoms with Crippen LogP contribution in [0.2, 0.25) is 15.1 Å². The predicted octanol–water partition coefficient (Wildman–Crippen LogP) is 3.42. The van der Waals surface area contributed by atoms with E-state index in [-0.39, 0.29) is 22.1 Å². The van der Waals surface area contributed by atoms with Gasteiger partial charge in [0.25, 0.3) is 5.91 Å². The van der Waals surface area contributed by atoms with Crippen LogP contribution in [0.3, 0.4) is 0 Å². The van der Waals surface area contributed by atoms with E-state index in [2.05, 4.69) is 10.3 Å². The third kappa shape index (κ3) is 4.72. The summed E-state index contributed by atoms with van der Waals surface area (Å²) in [5, 5.41) is 3.23. The number of hydrogen-bond acceptors (Lipinski definition) is 5. The van der Waals surface area contributed by atoms with Crippen LogP contribution >= 0.6 is 34.8 Å². The number of amides is 1. The van der Waals surface area contributed by atoms with Gasteiger partial charge in [-0.15, -0.1) is 0 Å². The van der Waals surface area contributed by atoms with Gasteiger partial charge in [-0.2, -0.15) is 0 Å². The summed E-state index contributed by atoms with van der Waals surface area (Å²) in [7, 11) is 0. The van der Waals surface area contributed by atoms with E-state index in [4.69, 9.17) is 45.3 Å².